The number of aldehydes is 1. The molecule has 0 unspecified atom stereocenters. The van der Waals surface area contributed by atoms with Gasteiger partial charge >= 0.3 is 65.7 Å². The molecule has 0 radical (unpaired) electrons. The Balaban J connectivity index is 1.94. The Kier molecular flexibility index (Phi) is 57.5. The van der Waals surface area contributed by atoms with Crippen LogP contribution in [0.4, 0.5) is 0 Å². The summed E-state index contributed by atoms with van der Waals surface area (Å²) >= 11 is 0. The third-order valence-electron chi connectivity index (χ3n) is 25.1. The molecule has 0 aromatic heterocycles. The minimum atomic E-state index is -1.89. The lowest BCUT2D eigenvalue weighted by atomic mass is 9.86. The van der Waals surface area contributed by atoms with Crippen LogP contribution in [0.1, 0.15) is 55.4 Å². The molecular formula is C89H156N24O31. The molecule has 144 heavy (non-hydrogen) atoms. The van der Waals surface area contributed by atoms with Crippen LogP contribution in [0.5, 0.6) is 0 Å². The normalized spacial score (nSPS) is 18.2. The van der Waals surface area contributed by atoms with Crippen LogP contribution < -0.4 is 21.3 Å². The molecule has 55 heteroatoms. The maximum absolute atomic E-state index is 15.2. The van der Waals surface area contributed by atoms with Gasteiger partial charge in [0.05, 0.1) is 131 Å². The van der Waals surface area contributed by atoms with Gasteiger partial charge in [0.1, 0.15) is 6.29 Å². The number of amides is 8. The molecule has 0 aromatic rings. The zero-order valence-electron chi connectivity index (χ0n) is 84.5. The summed E-state index contributed by atoms with van der Waals surface area (Å²) < 4.78 is 0. The standard InChI is InChI=1S/C89H156N24O31/c1-66(2)110(74(119)47-95-11-9-94(41-42-114)10-12-99(51-78(123)124)27-28-100(20-13-95)52-79(125)126)43-70(115)90-62-89(63-91-71(116)44-111(67(3)4)75(120)48-96-14-21-101(53-80(127)128)29-35-107(59-86(139)140)36-30-102(22-15-96)54-81(129)130,64-92-72(117)45-112(68(5)6)76(121)49-97-16-23-103(55-82(131)132)31-37-108(60-87(141)142)38-32-104(24-17-97)56-83(133)134)65-93-73(118)46-113(69(7)8)77(122)50-98-18-25-105(57-84(135)136)33-39-109(61-88(143)144)40-34-106(26-19-98)58-85(137)138/h42,66-69H,9-41,43-65H2,1-8H3,(H,90,115)(H,91,116)(H,92,117)(H,93,118)(H,123,124)(H,125,126)(H,127,128)(H,129,130)(H,131,132)(H,133,134)(H,135,136)(H,137,138)(H,139,140)(H,141,142)(H,143,144). The van der Waals surface area contributed by atoms with Crippen LogP contribution in [-0.4, -0.2) is 664 Å². The van der Waals surface area contributed by atoms with E-state index in [0.29, 0.717) is 6.29 Å². The van der Waals surface area contributed by atoms with E-state index >= 15 is 19.2 Å². The van der Waals surface area contributed by atoms with Gasteiger partial charge in [-0.3, -0.25) is 169 Å². The third kappa shape index (κ3) is 53.2. The van der Waals surface area contributed by atoms with Gasteiger partial charge < -0.3 is 102 Å². The van der Waals surface area contributed by atoms with E-state index in [1.54, 1.807) is 134 Å². The van der Waals surface area contributed by atoms with Gasteiger partial charge in [0.2, 0.25) is 47.3 Å². The number of hydrogen-bond acceptors (Lipinski definition) is 36. The maximum atomic E-state index is 15.2. The first-order valence-electron chi connectivity index (χ1n) is 48.5. The Morgan fingerprint density at radius 2 is 0.319 bits per heavy atom. The molecule has 4 heterocycles. The molecule has 4 aliphatic heterocycles. The fourth-order valence-corrected chi connectivity index (χ4v) is 16.8. The number of carbonyl (C=O) groups excluding carboxylic acids is 9. The van der Waals surface area contributed by atoms with Crippen molar-refractivity contribution in [3.05, 3.63) is 0 Å². The largest absolute Gasteiger partial charge is 0.480 e. The van der Waals surface area contributed by atoms with Gasteiger partial charge in [-0.15, -0.1) is 0 Å². The van der Waals surface area contributed by atoms with Crippen molar-refractivity contribution >= 4 is 119 Å². The van der Waals surface area contributed by atoms with Crippen molar-refractivity contribution in [2.24, 2.45) is 5.41 Å². The van der Waals surface area contributed by atoms with E-state index < -0.39 is 280 Å². The van der Waals surface area contributed by atoms with Crippen molar-refractivity contribution in [1.82, 2.24) is 119 Å². The predicted molar refractivity (Wildman–Crippen MR) is 515 cm³/mol. The van der Waals surface area contributed by atoms with E-state index in [9.17, 15) is 133 Å². The van der Waals surface area contributed by atoms with Gasteiger partial charge in [-0.25, -0.2) is 0 Å². The fourth-order valence-electron chi connectivity index (χ4n) is 16.8. The Bertz CT molecular complexity index is 3770. The summed E-state index contributed by atoms with van der Waals surface area (Å²) in [7, 11) is 0. The van der Waals surface area contributed by atoms with Crippen molar-refractivity contribution in [2.45, 2.75) is 79.6 Å². The molecule has 4 saturated heterocycles. The lowest BCUT2D eigenvalue weighted by Gasteiger charge is -2.37. The van der Waals surface area contributed by atoms with Gasteiger partial charge in [-0.2, -0.15) is 0 Å². The topological polar surface area (TPSA) is 677 Å². The highest BCUT2D eigenvalue weighted by atomic mass is 16.4. The van der Waals surface area contributed by atoms with E-state index in [1.807, 2.05) is 0 Å². The first-order chi connectivity index (χ1) is 67.8. The molecule has 15 N–H and O–H groups in total. The molecular weight excluding hydrogens is 1900 g/mol. The van der Waals surface area contributed by atoms with Crippen LogP contribution in [-0.2, 0) is 95.9 Å². The molecule has 818 valence electrons. The first-order valence-corrected chi connectivity index (χ1v) is 48.5. The minimum Gasteiger partial charge on any atom is -0.480 e. The smallest absolute Gasteiger partial charge is 0.317 e. The molecule has 0 atom stereocenters. The van der Waals surface area contributed by atoms with Crippen LogP contribution in [0.2, 0.25) is 0 Å². The van der Waals surface area contributed by atoms with Gasteiger partial charge in [0.15, 0.2) is 0 Å². The highest BCUT2D eigenvalue weighted by molar-refractivity contribution is 5.89. The van der Waals surface area contributed by atoms with Gasteiger partial charge in [-0.05, 0) is 55.4 Å². The molecule has 0 aromatic carbocycles. The summed E-state index contributed by atoms with van der Waals surface area (Å²) in [4.78, 5) is 297. The fraction of sp³-hybridized carbons (Fsp3) is 0.775. The minimum absolute atomic E-state index is 0.00982. The molecule has 4 aliphatic rings. The molecule has 0 saturated carbocycles. The maximum Gasteiger partial charge on any atom is 0.317 e. The molecule has 8 amide bonds. The highest BCUT2D eigenvalue weighted by Crippen LogP contribution is 2.18. The molecule has 4 fully saturated rings. The van der Waals surface area contributed by atoms with Gasteiger partial charge in [0.25, 0.3) is 0 Å². The number of nitrogens with zero attached hydrogens (tertiary/aromatic N) is 20. The Morgan fingerprint density at radius 3 is 0.424 bits per heavy atom. The predicted octanol–water partition coefficient (Wildman–Crippen LogP) is -10.6. The molecule has 0 bridgehead atoms. The summed E-state index contributed by atoms with van der Waals surface area (Å²) in [6, 6.07) is -3.04. The molecule has 0 spiro atoms. The van der Waals surface area contributed by atoms with E-state index in [4.69, 9.17) is 0 Å². The molecule has 4 rings (SSSR count). The summed E-state index contributed by atoms with van der Waals surface area (Å²) in [6.07, 6.45) is 0.672. The van der Waals surface area contributed by atoms with E-state index in [1.165, 1.54) is 19.6 Å². The monoisotopic (exact) mass is 2060 g/mol. The lowest BCUT2D eigenvalue weighted by molar-refractivity contribution is -0.141. The second-order valence-electron chi connectivity index (χ2n) is 38.0. The van der Waals surface area contributed by atoms with Crippen LogP contribution >= 0.6 is 0 Å². The Labute approximate surface area is 838 Å². The van der Waals surface area contributed by atoms with Crippen LogP contribution in [0, 0.1) is 5.41 Å². The Morgan fingerprint density at radius 1 is 0.208 bits per heavy atom. The van der Waals surface area contributed by atoms with Gasteiger partial charge in [0, 0.05) is 265 Å². The SMILES string of the molecule is CC(C)N(CC(=O)NCC(CNC(=O)CN(C(=O)CN1CCN(CC(=O)O)CCN(CC(=O)O)CCN(CC(=O)O)CC1)C(C)C)(CNC(=O)CN(C(=O)CN1CCN(CC(=O)O)CCN(CC(=O)O)CCN(CC(=O)O)CC1)C(C)C)CNC(=O)CN(C(=O)CN1CCN(CC(=O)O)CCN(CC(=O)O)CCN(CC(=O)O)CC1)C(C)C)C(=O)CN1CCN(CC=O)CCN(CC(=O)O)CCN(CC(=O)O)CC1. The number of nitrogens with one attached hydrogen (secondary N) is 4. The van der Waals surface area contributed by atoms with E-state index in [2.05, 4.69) is 21.3 Å². The van der Waals surface area contributed by atoms with Crippen LogP contribution in [0.15, 0.2) is 0 Å². The van der Waals surface area contributed by atoms with E-state index in [0.717, 1.165) is 0 Å². The second-order valence-corrected chi connectivity index (χ2v) is 38.0. The highest BCUT2D eigenvalue weighted by Gasteiger charge is 2.38. The van der Waals surface area contributed by atoms with Crippen molar-refractivity contribution in [3.63, 3.8) is 0 Å². The number of aliphatic carboxylic acids is 11. The zero-order chi connectivity index (χ0) is 107. The van der Waals surface area contributed by atoms with Crippen LogP contribution in [0.3, 0.4) is 0 Å². The zero-order valence-corrected chi connectivity index (χ0v) is 84.5. The number of carbonyl (C=O) groups is 20. The number of hydrogen-bond donors (Lipinski definition) is 15. The lowest BCUT2D eigenvalue weighted by Crippen LogP contribution is -2.60. The number of carboxylic acid groups (broad SMARTS) is 11. The van der Waals surface area contributed by atoms with Crippen molar-refractivity contribution < 1.29 is 152 Å². The summed E-state index contributed by atoms with van der Waals surface area (Å²) in [5.74, 6) is -19.1. The van der Waals surface area contributed by atoms with Crippen molar-refractivity contribution in [1.29, 1.82) is 0 Å². The number of rotatable bonds is 52. The van der Waals surface area contributed by atoms with Gasteiger partial charge in [-0.1, -0.05) is 0 Å². The Hall–Kier alpha value is -11.0. The van der Waals surface area contributed by atoms with Crippen LogP contribution in [0.25, 0.3) is 0 Å². The summed E-state index contributed by atoms with van der Waals surface area (Å²) in [6.45, 7) is 2.84. The summed E-state index contributed by atoms with van der Waals surface area (Å²) in [5, 5.41) is 120. The first kappa shape index (κ1) is 125. The quantitative estimate of drug-likeness (QED) is 0.0252. The average Bonchev–Trinajstić information content (AvgIpc) is 0.834. The third-order valence-corrected chi connectivity index (χ3v) is 25.1. The van der Waals surface area contributed by atoms with Crippen molar-refractivity contribution in [2.75, 3.05) is 367 Å². The average molecular weight is 2060 g/mol. The molecule has 0 aliphatic carbocycles. The summed E-state index contributed by atoms with van der Waals surface area (Å²) in [5.41, 5.74) is -1.89. The van der Waals surface area contributed by atoms with E-state index in [-0.39, 0.29) is 229 Å². The van der Waals surface area contributed by atoms with Crippen molar-refractivity contribution in [3.8, 4) is 0 Å². The second kappa shape index (κ2) is 66.2. The molecule has 55 nitrogen and oxygen atoms in total. The number of carboxylic acids is 11.